The Morgan fingerprint density at radius 1 is 1.29 bits per heavy atom. The third-order valence-electron chi connectivity index (χ3n) is 5.65. The number of rotatable bonds is 5. The number of likely N-dealkylation sites (tertiary alicyclic amines) is 1. The number of alkyl halides is 3. The number of carbonyl (C=O) groups is 2. The molecule has 0 unspecified atom stereocenters. The highest BCUT2D eigenvalue weighted by Crippen LogP contribution is 2.49. The van der Waals surface area contributed by atoms with E-state index in [1.807, 2.05) is 4.90 Å². The largest absolute Gasteiger partial charge is 0.473 e. The molecule has 1 amide bonds. The van der Waals surface area contributed by atoms with Crippen molar-refractivity contribution in [3.8, 4) is 5.88 Å². The van der Waals surface area contributed by atoms with Crippen LogP contribution in [0.4, 0.5) is 13.2 Å². The second-order valence-electron chi connectivity index (χ2n) is 7.94. The Labute approximate surface area is 159 Å². The van der Waals surface area contributed by atoms with Gasteiger partial charge in [0.2, 0.25) is 11.8 Å². The summed E-state index contributed by atoms with van der Waals surface area (Å²) < 4.78 is 47.9. The Morgan fingerprint density at radius 2 is 2.04 bits per heavy atom. The van der Waals surface area contributed by atoms with Crippen molar-refractivity contribution in [1.29, 1.82) is 0 Å². The fraction of sp³-hybridized carbons (Fsp3) is 0.667. The molecule has 10 heteroatoms. The van der Waals surface area contributed by atoms with Crippen LogP contribution in [0, 0.1) is 11.3 Å². The molecule has 3 fully saturated rings. The van der Waals surface area contributed by atoms with E-state index in [0.717, 1.165) is 18.9 Å². The summed E-state index contributed by atoms with van der Waals surface area (Å²) in [7, 11) is 0. The Hall–Kier alpha value is -2.39. The molecule has 2 aliphatic heterocycles. The number of halogens is 3. The van der Waals surface area contributed by atoms with Crippen LogP contribution in [0.15, 0.2) is 12.1 Å². The quantitative estimate of drug-likeness (QED) is 0.707. The third-order valence-corrected chi connectivity index (χ3v) is 5.65. The van der Waals surface area contributed by atoms with Crippen LogP contribution in [0.1, 0.15) is 37.8 Å². The van der Waals surface area contributed by atoms with Gasteiger partial charge in [0.25, 0.3) is 0 Å². The van der Waals surface area contributed by atoms with Crippen LogP contribution in [-0.4, -0.2) is 52.8 Å². The van der Waals surface area contributed by atoms with Crippen LogP contribution in [0.3, 0.4) is 0 Å². The van der Waals surface area contributed by atoms with Gasteiger partial charge in [0.15, 0.2) is 5.69 Å². The van der Waals surface area contributed by atoms with Gasteiger partial charge >= 0.3 is 12.1 Å². The minimum atomic E-state index is -4.52. The average Bonchev–Trinajstić information content (AvgIpc) is 2.98. The van der Waals surface area contributed by atoms with Crippen LogP contribution in [0.2, 0.25) is 0 Å². The molecule has 0 bridgehead atoms. The molecular formula is C18H20F3N3O4. The maximum Gasteiger partial charge on any atom is 0.435 e. The number of esters is 1. The molecule has 1 aromatic rings. The number of aromatic nitrogens is 2. The highest BCUT2D eigenvalue weighted by atomic mass is 19.4. The predicted octanol–water partition coefficient (Wildman–Crippen LogP) is 2.21. The normalized spacial score (nSPS) is 23.9. The number of cyclic esters (lactones) is 1. The van der Waals surface area contributed by atoms with Crippen LogP contribution in [-0.2, 0) is 20.5 Å². The van der Waals surface area contributed by atoms with Gasteiger partial charge in [-0.05, 0) is 25.3 Å². The molecule has 1 spiro atoms. The summed E-state index contributed by atoms with van der Waals surface area (Å²) in [5.41, 5.74) is -1.00. The summed E-state index contributed by atoms with van der Waals surface area (Å²) in [6.45, 7) is 1.75. The van der Waals surface area contributed by atoms with E-state index >= 15 is 0 Å². The predicted molar refractivity (Wildman–Crippen MR) is 88.0 cm³/mol. The number of hydrogen-bond donors (Lipinski definition) is 0. The fourth-order valence-electron chi connectivity index (χ4n) is 4.13. The lowest BCUT2D eigenvalue weighted by Gasteiger charge is -2.58. The summed E-state index contributed by atoms with van der Waals surface area (Å²) in [4.78, 5) is 25.1. The molecule has 1 atom stereocenters. The third kappa shape index (κ3) is 3.90. The van der Waals surface area contributed by atoms with Crippen molar-refractivity contribution in [2.24, 2.45) is 11.3 Å². The molecule has 3 aliphatic rings. The molecule has 0 N–H and O–H groups in total. The molecule has 0 radical (unpaired) electrons. The second kappa shape index (κ2) is 6.89. The molecule has 1 saturated carbocycles. The first-order valence-corrected chi connectivity index (χ1v) is 9.23. The van der Waals surface area contributed by atoms with Crippen molar-refractivity contribution in [2.75, 3.05) is 19.7 Å². The molecular weight excluding hydrogens is 379 g/mol. The van der Waals surface area contributed by atoms with Crippen molar-refractivity contribution in [1.82, 2.24) is 15.1 Å². The van der Waals surface area contributed by atoms with Crippen molar-refractivity contribution in [3.63, 3.8) is 0 Å². The standard InChI is InChI=1S/C18H20F3N3O4/c19-18(20,21)13-2-3-14(23-22-13)28-12-6-17(7-12)9-24(10-17)15(25)4-1-11-5-16(26)27-8-11/h2-3,11-12H,1,4-10H2/t11-/m0/s1. The van der Waals surface area contributed by atoms with E-state index in [1.54, 1.807) is 0 Å². The highest BCUT2D eigenvalue weighted by molar-refractivity contribution is 5.77. The molecule has 3 heterocycles. The monoisotopic (exact) mass is 399 g/mol. The number of carbonyl (C=O) groups excluding carboxylic acids is 2. The van der Waals surface area contributed by atoms with Crippen LogP contribution in [0.25, 0.3) is 0 Å². The number of amides is 1. The average molecular weight is 399 g/mol. The van der Waals surface area contributed by atoms with Gasteiger partial charge in [0.05, 0.1) is 13.0 Å². The summed E-state index contributed by atoms with van der Waals surface area (Å²) in [6, 6.07) is 2.03. The lowest BCUT2D eigenvalue weighted by molar-refractivity contribution is -0.160. The minimum Gasteiger partial charge on any atom is -0.473 e. The van der Waals surface area contributed by atoms with Gasteiger partial charge in [-0.1, -0.05) is 0 Å². The second-order valence-corrected chi connectivity index (χ2v) is 7.94. The van der Waals surface area contributed by atoms with E-state index in [1.165, 1.54) is 6.07 Å². The maximum absolute atomic E-state index is 12.5. The maximum atomic E-state index is 12.5. The Bertz CT molecular complexity index is 754. The molecule has 7 nitrogen and oxygen atoms in total. The molecule has 28 heavy (non-hydrogen) atoms. The molecule has 152 valence electrons. The number of nitrogens with zero attached hydrogens (tertiary/aromatic N) is 3. The summed E-state index contributed by atoms with van der Waals surface area (Å²) >= 11 is 0. The molecule has 4 rings (SSSR count). The van der Waals surface area contributed by atoms with Crippen LogP contribution < -0.4 is 4.74 Å². The van der Waals surface area contributed by atoms with E-state index in [2.05, 4.69) is 10.2 Å². The van der Waals surface area contributed by atoms with Crippen molar-refractivity contribution in [3.05, 3.63) is 17.8 Å². The zero-order chi connectivity index (χ0) is 19.9. The van der Waals surface area contributed by atoms with Gasteiger partial charge in [-0.15, -0.1) is 10.2 Å². The first-order chi connectivity index (χ1) is 13.2. The lowest BCUT2D eigenvalue weighted by Crippen LogP contribution is -2.65. The zero-order valence-electron chi connectivity index (χ0n) is 15.1. The summed E-state index contributed by atoms with van der Waals surface area (Å²) in [5.74, 6) is 0.105. The van der Waals surface area contributed by atoms with E-state index in [-0.39, 0.29) is 35.2 Å². The molecule has 1 aromatic heterocycles. The minimum absolute atomic E-state index is 0.0477. The first kappa shape index (κ1) is 18.9. The van der Waals surface area contributed by atoms with Gasteiger partial charge in [-0.3, -0.25) is 9.59 Å². The Balaban J connectivity index is 1.17. The smallest absolute Gasteiger partial charge is 0.435 e. The SMILES string of the molecule is O=C1C[C@H](CCC(=O)N2CC3(CC(Oc4ccc(C(F)(F)F)nn4)C3)C2)CO1. The van der Waals surface area contributed by atoms with E-state index < -0.39 is 11.9 Å². The first-order valence-electron chi connectivity index (χ1n) is 9.23. The molecule has 1 aliphatic carbocycles. The van der Waals surface area contributed by atoms with Crippen LogP contribution in [0.5, 0.6) is 5.88 Å². The zero-order valence-corrected chi connectivity index (χ0v) is 15.1. The van der Waals surface area contributed by atoms with E-state index in [0.29, 0.717) is 39.0 Å². The Kier molecular flexibility index (Phi) is 4.67. The molecule has 2 saturated heterocycles. The van der Waals surface area contributed by atoms with Crippen molar-refractivity contribution in [2.45, 2.75) is 44.4 Å². The lowest BCUT2D eigenvalue weighted by atomic mass is 9.61. The van der Waals surface area contributed by atoms with Crippen molar-refractivity contribution < 1.29 is 32.2 Å². The van der Waals surface area contributed by atoms with Gasteiger partial charge in [-0.25, -0.2) is 0 Å². The van der Waals surface area contributed by atoms with Crippen molar-refractivity contribution >= 4 is 11.9 Å². The van der Waals surface area contributed by atoms with Gasteiger partial charge < -0.3 is 14.4 Å². The van der Waals surface area contributed by atoms with E-state index in [9.17, 15) is 22.8 Å². The topological polar surface area (TPSA) is 81.6 Å². The number of ether oxygens (including phenoxy) is 2. The molecule has 0 aromatic carbocycles. The summed E-state index contributed by atoms with van der Waals surface area (Å²) in [6.07, 6.45) is -1.69. The van der Waals surface area contributed by atoms with Gasteiger partial charge in [0, 0.05) is 36.9 Å². The van der Waals surface area contributed by atoms with Gasteiger partial charge in [0.1, 0.15) is 6.10 Å². The van der Waals surface area contributed by atoms with Crippen LogP contribution >= 0.6 is 0 Å². The fourth-order valence-corrected chi connectivity index (χ4v) is 4.13. The summed E-state index contributed by atoms with van der Waals surface area (Å²) in [5, 5.41) is 6.62. The van der Waals surface area contributed by atoms with Gasteiger partial charge in [-0.2, -0.15) is 13.2 Å². The highest BCUT2D eigenvalue weighted by Gasteiger charge is 2.54. The van der Waals surface area contributed by atoms with E-state index in [4.69, 9.17) is 9.47 Å². The Morgan fingerprint density at radius 3 is 2.61 bits per heavy atom. The number of hydrogen-bond acceptors (Lipinski definition) is 6.